The van der Waals surface area contributed by atoms with Crippen molar-refractivity contribution in [2.45, 2.75) is 0 Å². The number of para-hydroxylation sites is 1. The lowest BCUT2D eigenvalue weighted by Crippen LogP contribution is -2.00. The van der Waals surface area contributed by atoms with Crippen LogP contribution in [0.4, 0.5) is 0 Å². The number of hydrogen-bond acceptors (Lipinski definition) is 5. The smallest absolute Gasteiger partial charge is 0.164 e. The first-order chi connectivity index (χ1) is 24.7. The van der Waals surface area contributed by atoms with Crippen molar-refractivity contribution in [3.05, 3.63) is 164 Å². The average molecular weight is 642 g/mol. The fraction of sp³-hybridized carbons (Fsp3) is 0. The topological polar surface area (TPSA) is 65.0 Å². The average Bonchev–Trinajstić information content (AvgIpc) is 3.76. The number of furan rings is 2. The van der Waals surface area contributed by atoms with E-state index in [1.807, 2.05) is 84.9 Å². The zero-order chi connectivity index (χ0) is 33.0. The van der Waals surface area contributed by atoms with E-state index in [9.17, 15) is 0 Å². The van der Waals surface area contributed by atoms with Gasteiger partial charge in [0, 0.05) is 38.2 Å². The summed E-state index contributed by atoms with van der Waals surface area (Å²) in [5, 5.41) is 4.31. The van der Waals surface area contributed by atoms with Gasteiger partial charge >= 0.3 is 0 Å². The van der Waals surface area contributed by atoms with Crippen molar-refractivity contribution in [3.63, 3.8) is 0 Å². The van der Waals surface area contributed by atoms with E-state index in [2.05, 4.69) is 78.9 Å². The maximum Gasteiger partial charge on any atom is 0.164 e. The molecule has 0 spiro atoms. The summed E-state index contributed by atoms with van der Waals surface area (Å²) in [7, 11) is 0. The van der Waals surface area contributed by atoms with E-state index >= 15 is 0 Å². The Morgan fingerprint density at radius 3 is 1.70 bits per heavy atom. The van der Waals surface area contributed by atoms with E-state index in [0.717, 1.165) is 82.8 Å². The van der Waals surface area contributed by atoms with E-state index in [1.54, 1.807) is 0 Å². The molecule has 0 unspecified atom stereocenters. The highest BCUT2D eigenvalue weighted by Crippen LogP contribution is 2.40. The van der Waals surface area contributed by atoms with Gasteiger partial charge in [0.25, 0.3) is 0 Å². The number of fused-ring (bicyclic) bond motifs is 6. The Labute approximate surface area is 287 Å². The molecular weight excluding hydrogens is 615 g/mol. The van der Waals surface area contributed by atoms with Crippen LogP contribution in [-0.2, 0) is 0 Å². The van der Waals surface area contributed by atoms with Gasteiger partial charge in [-0.1, -0.05) is 121 Å². The summed E-state index contributed by atoms with van der Waals surface area (Å²) in [6, 6.07) is 55.8. The molecule has 7 aromatic carbocycles. The Bertz CT molecular complexity index is 2870. The molecule has 3 heterocycles. The normalized spacial score (nSPS) is 11.6. The van der Waals surface area contributed by atoms with Gasteiger partial charge in [0.2, 0.25) is 0 Å². The Morgan fingerprint density at radius 1 is 0.300 bits per heavy atom. The molecular formula is C45H27N3O2. The Kier molecular flexibility index (Phi) is 6.42. The van der Waals surface area contributed by atoms with Gasteiger partial charge in [0.15, 0.2) is 17.5 Å². The van der Waals surface area contributed by atoms with Gasteiger partial charge in [-0.15, -0.1) is 0 Å². The van der Waals surface area contributed by atoms with Gasteiger partial charge in [0.1, 0.15) is 22.3 Å². The predicted octanol–water partition coefficient (Wildman–Crippen LogP) is 12.0. The summed E-state index contributed by atoms with van der Waals surface area (Å²) >= 11 is 0. The van der Waals surface area contributed by atoms with Gasteiger partial charge in [0.05, 0.1) is 0 Å². The van der Waals surface area contributed by atoms with E-state index in [4.69, 9.17) is 23.8 Å². The number of hydrogen-bond donors (Lipinski definition) is 0. The number of benzene rings is 7. The quantitative estimate of drug-likeness (QED) is 0.187. The molecule has 0 N–H and O–H groups in total. The third-order valence-corrected chi connectivity index (χ3v) is 9.34. The maximum atomic E-state index is 6.45. The molecule has 0 aliphatic carbocycles. The Balaban J connectivity index is 1.10. The maximum absolute atomic E-state index is 6.45. The van der Waals surface area contributed by atoms with E-state index in [0.29, 0.717) is 17.5 Å². The zero-order valence-electron chi connectivity index (χ0n) is 26.7. The number of nitrogens with zero attached hydrogens (tertiary/aromatic N) is 3. The monoisotopic (exact) mass is 641 g/mol. The molecule has 0 atom stereocenters. The van der Waals surface area contributed by atoms with Crippen molar-refractivity contribution >= 4 is 43.9 Å². The Morgan fingerprint density at radius 2 is 0.880 bits per heavy atom. The fourth-order valence-corrected chi connectivity index (χ4v) is 6.92. The van der Waals surface area contributed by atoms with Crippen LogP contribution in [0, 0.1) is 0 Å². The highest BCUT2D eigenvalue weighted by molar-refractivity contribution is 6.14. The predicted molar refractivity (Wildman–Crippen MR) is 202 cm³/mol. The van der Waals surface area contributed by atoms with Crippen molar-refractivity contribution in [2.75, 3.05) is 0 Å². The molecule has 0 amide bonds. The molecule has 0 aliphatic rings. The molecule has 50 heavy (non-hydrogen) atoms. The first-order valence-corrected chi connectivity index (χ1v) is 16.6. The third-order valence-electron chi connectivity index (χ3n) is 9.34. The van der Waals surface area contributed by atoms with Crippen LogP contribution >= 0.6 is 0 Å². The molecule has 3 aromatic heterocycles. The highest BCUT2D eigenvalue weighted by atomic mass is 16.3. The van der Waals surface area contributed by atoms with Crippen molar-refractivity contribution in [3.8, 4) is 56.4 Å². The van der Waals surface area contributed by atoms with E-state index in [-0.39, 0.29) is 0 Å². The summed E-state index contributed by atoms with van der Waals surface area (Å²) in [5.41, 5.74) is 10.5. The van der Waals surface area contributed by atoms with Gasteiger partial charge < -0.3 is 8.83 Å². The van der Waals surface area contributed by atoms with Crippen LogP contribution in [0.5, 0.6) is 0 Å². The van der Waals surface area contributed by atoms with Crippen LogP contribution in [-0.4, -0.2) is 15.0 Å². The molecule has 5 nitrogen and oxygen atoms in total. The largest absolute Gasteiger partial charge is 0.456 e. The second kappa shape index (κ2) is 11.4. The second-order valence-electron chi connectivity index (χ2n) is 12.4. The summed E-state index contributed by atoms with van der Waals surface area (Å²) in [4.78, 5) is 14.9. The van der Waals surface area contributed by atoms with Gasteiger partial charge in [-0.3, -0.25) is 0 Å². The highest BCUT2D eigenvalue weighted by Gasteiger charge is 2.17. The molecule has 0 aliphatic heterocycles. The molecule has 0 saturated heterocycles. The lowest BCUT2D eigenvalue weighted by atomic mass is 9.98. The van der Waals surface area contributed by atoms with Crippen LogP contribution in [0.25, 0.3) is 100 Å². The first kappa shape index (κ1) is 28.2. The minimum Gasteiger partial charge on any atom is -0.456 e. The molecule has 0 saturated carbocycles. The van der Waals surface area contributed by atoms with Gasteiger partial charge in [-0.25, -0.2) is 15.0 Å². The number of aromatic nitrogens is 3. The molecule has 10 aromatic rings. The minimum atomic E-state index is 0.584. The molecule has 0 bridgehead atoms. The van der Waals surface area contributed by atoms with Crippen LogP contribution in [0.2, 0.25) is 0 Å². The minimum absolute atomic E-state index is 0.584. The van der Waals surface area contributed by atoms with E-state index < -0.39 is 0 Å². The summed E-state index contributed by atoms with van der Waals surface area (Å²) < 4.78 is 12.6. The fourth-order valence-electron chi connectivity index (χ4n) is 6.92. The summed E-state index contributed by atoms with van der Waals surface area (Å²) in [5.74, 6) is 1.81. The lowest BCUT2D eigenvalue weighted by Gasteiger charge is -2.09. The van der Waals surface area contributed by atoms with Crippen LogP contribution in [0.3, 0.4) is 0 Å². The van der Waals surface area contributed by atoms with Crippen LogP contribution < -0.4 is 0 Å². The van der Waals surface area contributed by atoms with Crippen molar-refractivity contribution in [2.24, 2.45) is 0 Å². The summed E-state index contributed by atoms with van der Waals surface area (Å²) in [6.07, 6.45) is 0. The van der Waals surface area contributed by atoms with Gasteiger partial charge in [-0.05, 0) is 64.7 Å². The van der Waals surface area contributed by atoms with Crippen molar-refractivity contribution in [1.29, 1.82) is 0 Å². The van der Waals surface area contributed by atoms with Crippen molar-refractivity contribution in [1.82, 2.24) is 15.0 Å². The van der Waals surface area contributed by atoms with Gasteiger partial charge in [-0.2, -0.15) is 0 Å². The second-order valence-corrected chi connectivity index (χ2v) is 12.4. The molecule has 0 radical (unpaired) electrons. The van der Waals surface area contributed by atoms with Crippen molar-refractivity contribution < 1.29 is 8.83 Å². The third kappa shape index (κ3) is 4.75. The molecule has 10 rings (SSSR count). The van der Waals surface area contributed by atoms with Crippen LogP contribution in [0.1, 0.15) is 0 Å². The zero-order valence-corrected chi connectivity index (χ0v) is 26.7. The molecule has 234 valence electrons. The first-order valence-electron chi connectivity index (χ1n) is 16.6. The van der Waals surface area contributed by atoms with Crippen LogP contribution in [0.15, 0.2) is 173 Å². The SMILES string of the molecule is c1ccc(-c2cccc(-c3nc(-c4ccccc4)nc(-c4ccc5c(c4)oc4ccc(-c6cccc7oc8ccccc8c67)cc45)n3)c2)cc1. The van der Waals surface area contributed by atoms with E-state index in [1.165, 1.54) is 0 Å². The lowest BCUT2D eigenvalue weighted by molar-refractivity contribution is 0.669. The standard InChI is InChI=1S/C45H27N3O2/c1-3-11-28(12-4-1)30-15-9-16-32(25-30)44-46-43(29-13-5-2-6-14-29)47-45(48-44)33-21-23-35-37-26-31(22-24-39(37)50-41(35)27-33)34-18-10-20-40-42(34)36-17-7-8-19-38(36)49-40/h1-27H. The summed E-state index contributed by atoms with van der Waals surface area (Å²) in [6.45, 7) is 0. The number of rotatable bonds is 5. The molecule has 0 fully saturated rings. The molecule has 5 heteroatoms. The Hall–Kier alpha value is -6.85.